The minimum absolute atomic E-state index is 0.313. The second-order valence-electron chi connectivity index (χ2n) is 4.24. The van der Waals surface area contributed by atoms with E-state index in [0.29, 0.717) is 30.2 Å². The van der Waals surface area contributed by atoms with E-state index in [1.165, 1.54) is 0 Å². The maximum atomic E-state index is 11.7. The predicted molar refractivity (Wildman–Crippen MR) is 77.6 cm³/mol. The van der Waals surface area contributed by atoms with Gasteiger partial charge in [-0.05, 0) is 30.7 Å². The summed E-state index contributed by atoms with van der Waals surface area (Å²) in [4.78, 5) is 11.7. The van der Waals surface area contributed by atoms with Crippen LogP contribution in [0.3, 0.4) is 0 Å². The summed E-state index contributed by atoms with van der Waals surface area (Å²) in [6, 6.07) is 14.8. The molecule has 0 saturated carbocycles. The molecule has 0 saturated heterocycles. The Kier molecular flexibility index (Phi) is 4.60. The van der Waals surface area contributed by atoms with Crippen LogP contribution in [0, 0.1) is 0 Å². The summed E-state index contributed by atoms with van der Waals surface area (Å²) in [6.45, 7) is 2.50. The van der Waals surface area contributed by atoms with E-state index < -0.39 is 5.97 Å². The van der Waals surface area contributed by atoms with Gasteiger partial charge in [0, 0.05) is 5.69 Å². The van der Waals surface area contributed by atoms with E-state index in [9.17, 15) is 4.79 Å². The van der Waals surface area contributed by atoms with Crippen molar-refractivity contribution in [2.75, 3.05) is 12.3 Å². The van der Waals surface area contributed by atoms with Crippen molar-refractivity contribution >= 4 is 11.7 Å². The van der Waals surface area contributed by atoms with Gasteiger partial charge in [0.1, 0.15) is 12.4 Å². The van der Waals surface area contributed by atoms with Crippen LogP contribution < -0.4 is 10.5 Å². The first kappa shape index (κ1) is 13.9. The van der Waals surface area contributed by atoms with Gasteiger partial charge in [-0.3, -0.25) is 0 Å². The summed E-state index contributed by atoms with van der Waals surface area (Å²) in [5.41, 5.74) is 7.54. The third-order valence-electron chi connectivity index (χ3n) is 2.77. The van der Waals surface area contributed by atoms with Crippen molar-refractivity contribution in [3.63, 3.8) is 0 Å². The SMILES string of the molecule is CCOC(=O)c1cc(OCc2ccccc2)ccc1N. The maximum Gasteiger partial charge on any atom is 0.340 e. The van der Waals surface area contributed by atoms with Gasteiger partial charge in [-0.25, -0.2) is 4.79 Å². The molecular weight excluding hydrogens is 254 g/mol. The van der Waals surface area contributed by atoms with E-state index >= 15 is 0 Å². The molecule has 104 valence electrons. The zero-order valence-corrected chi connectivity index (χ0v) is 11.3. The molecule has 0 aliphatic carbocycles. The van der Waals surface area contributed by atoms with Crippen LogP contribution in [-0.4, -0.2) is 12.6 Å². The molecule has 2 rings (SSSR count). The van der Waals surface area contributed by atoms with Crippen molar-refractivity contribution < 1.29 is 14.3 Å². The zero-order valence-electron chi connectivity index (χ0n) is 11.3. The zero-order chi connectivity index (χ0) is 14.4. The number of ether oxygens (including phenoxy) is 2. The lowest BCUT2D eigenvalue weighted by molar-refractivity contribution is 0.0527. The first-order valence-corrected chi connectivity index (χ1v) is 6.44. The van der Waals surface area contributed by atoms with Crippen LogP contribution in [0.15, 0.2) is 48.5 Å². The Balaban J connectivity index is 2.09. The third kappa shape index (κ3) is 3.51. The van der Waals surface area contributed by atoms with Crippen molar-refractivity contribution in [1.82, 2.24) is 0 Å². The molecule has 0 unspecified atom stereocenters. The van der Waals surface area contributed by atoms with E-state index in [0.717, 1.165) is 5.56 Å². The average Bonchev–Trinajstić information content (AvgIpc) is 2.47. The summed E-state index contributed by atoms with van der Waals surface area (Å²) in [5, 5.41) is 0. The Morgan fingerprint density at radius 3 is 2.60 bits per heavy atom. The van der Waals surface area contributed by atoms with E-state index in [1.807, 2.05) is 30.3 Å². The van der Waals surface area contributed by atoms with Gasteiger partial charge in [0.05, 0.1) is 12.2 Å². The number of carbonyl (C=O) groups is 1. The fraction of sp³-hybridized carbons (Fsp3) is 0.188. The van der Waals surface area contributed by atoms with E-state index in [-0.39, 0.29) is 0 Å². The van der Waals surface area contributed by atoms with Crippen LogP contribution in [0.25, 0.3) is 0 Å². The number of nitrogen functional groups attached to an aromatic ring is 1. The Labute approximate surface area is 118 Å². The van der Waals surface area contributed by atoms with Crippen molar-refractivity contribution in [3.05, 3.63) is 59.7 Å². The summed E-state index contributed by atoms with van der Waals surface area (Å²) < 4.78 is 10.6. The molecule has 0 spiro atoms. The molecule has 2 aromatic carbocycles. The first-order valence-electron chi connectivity index (χ1n) is 6.44. The van der Waals surface area contributed by atoms with E-state index in [4.69, 9.17) is 15.2 Å². The Bertz CT molecular complexity index is 582. The monoisotopic (exact) mass is 271 g/mol. The highest BCUT2D eigenvalue weighted by Crippen LogP contribution is 2.21. The van der Waals surface area contributed by atoms with Gasteiger partial charge in [-0.1, -0.05) is 30.3 Å². The minimum Gasteiger partial charge on any atom is -0.489 e. The van der Waals surface area contributed by atoms with Crippen molar-refractivity contribution in [1.29, 1.82) is 0 Å². The largest absolute Gasteiger partial charge is 0.489 e. The number of carbonyl (C=O) groups excluding carboxylic acids is 1. The molecule has 0 radical (unpaired) electrons. The number of hydrogen-bond donors (Lipinski definition) is 1. The molecular formula is C16H17NO3. The van der Waals surface area contributed by atoms with Gasteiger partial charge < -0.3 is 15.2 Å². The third-order valence-corrected chi connectivity index (χ3v) is 2.77. The highest BCUT2D eigenvalue weighted by Gasteiger charge is 2.12. The first-order chi connectivity index (χ1) is 9.70. The Morgan fingerprint density at radius 2 is 1.90 bits per heavy atom. The van der Waals surface area contributed by atoms with Crippen molar-refractivity contribution in [2.45, 2.75) is 13.5 Å². The van der Waals surface area contributed by atoms with Gasteiger partial charge in [0.2, 0.25) is 0 Å². The lowest BCUT2D eigenvalue weighted by Gasteiger charge is -2.10. The van der Waals surface area contributed by atoms with Crippen LogP contribution in [0.1, 0.15) is 22.8 Å². The normalized spacial score (nSPS) is 10.1. The summed E-state index contributed by atoms with van der Waals surface area (Å²) in [6.07, 6.45) is 0. The number of benzene rings is 2. The number of rotatable bonds is 5. The summed E-state index contributed by atoms with van der Waals surface area (Å²) >= 11 is 0. The van der Waals surface area contributed by atoms with Crippen LogP contribution in [-0.2, 0) is 11.3 Å². The van der Waals surface area contributed by atoms with Crippen LogP contribution in [0.5, 0.6) is 5.75 Å². The smallest absolute Gasteiger partial charge is 0.340 e. The Hall–Kier alpha value is -2.49. The van der Waals surface area contributed by atoms with E-state index in [2.05, 4.69) is 0 Å². The summed E-state index contributed by atoms with van der Waals surface area (Å²) in [7, 11) is 0. The molecule has 0 fully saturated rings. The molecule has 2 N–H and O–H groups in total. The molecule has 4 heteroatoms. The van der Waals surface area contributed by atoms with Gasteiger partial charge in [-0.15, -0.1) is 0 Å². The predicted octanol–water partition coefficient (Wildman–Crippen LogP) is 3.02. The molecule has 0 aliphatic heterocycles. The molecule has 0 heterocycles. The molecule has 0 aromatic heterocycles. The maximum absolute atomic E-state index is 11.7. The molecule has 20 heavy (non-hydrogen) atoms. The minimum atomic E-state index is -0.435. The molecule has 0 bridgehead atoms. The number of esters is 1. The number of anilines is 1. The van der Waals surface area contributed by atoms with Crippen LogP contribution in [0.4, 0.5) is 5.69 Å². The Morgan fingerprint density at radius 1 is 1.15 bits per heavy atom. The fourth-order valence-corrected chi connectivity index (χ4v) is 1.75. The lowest BCUT2D eigenvalue weighted by Crippen LogP contribution is -2.08. The van der Waals surface area contributed by atoms with Crippen LogP contribution in [0.2, 0.25) is 0 Å². The van der Waals surface area contributed by atoms with Crippen molar-refractivity contribution in [3.8, 4) is 5.75 Å². The number of nitrogens with two attached hydrogens (primary N) is 1. The van der Waals surface area contributed by atoms with Gasteiger partial charge >= 0.3 is 5.97 Å². The van der Waals surface area contributed by atoms with Crippen molar-refractivity contribution in [2.24, 2.45) is 0 Å². The van der Waals surface area contributed by atoms with E-state index in [1.54, 1.807) is 25.1 Å². The van der Waals surface area contributed by atoms with Gasteiger partial charge in [-0.2, -0.15) is 0 Å². The second-order valence-corrected chi connectivity index (χ2v) is 4.24. The molecule has 0 aliphatic rings. The summed E-state index contributed by atoms with van der Waals surface area (Å²) in [5.74, 6) is 0.154. The quantitative estimate of drug-likeness (QED) is 0.670. The lowest BCUT2D eigenvalue weighted by atomic mass is 10.1. The highest BCUT2D eigenvalue weighted by molar-refractivity contribution is 5.95. The average molecular weight is 271 g/mol. The molecule has 4 nitrogen and oxygen atoms in total. The fourth-order valence-electron chi connectivity index (χ4n) is 1.75. The standard InChI is InChI=1S/C16H17NO3/c1-2-19-16(18)14-10-13(8-9-15(14)17)20-11-12-6-4-3-5-7-12/h3-10H,2,11,17H2,1H3. The molecule has 0 atom stereocenters. The number of hydrogen-bond acceptors (Lipinski definition) is 4. The molecule has 2 aromatic rings. The van der Waals surface area contributed by atoms with Gasteiger partial charge in [0.25, 0.3) is 0 Å². The van der Waals surface area contributed by atoms with Gasteiger partial charge in [0.15, 0.2) is 0 Å². The topological polar surface area (TPSA) is 61.5 Å². The highest BCUT2D eigenvalue weighted by atomic mass is 16.5. The second kappa shape index (κ2) is 6.61. The van der Waals surface area contributed by atoms with Crippen LogP contribution >= 0.6 is 0 Å². The molecule has 0 amide bonds.